The SMILES string of the molecule is COC(=O)[C@@H]1CCCN1C(Cc1ccccc1C#N)c1ccccc1. The lowest BCUT2D eigenvalue weighted by atomic mass is 9.94. The molecule has 3 rings (SSSR count). The standard InChI is InChI=1S/C21H22N2O2/c1-25-21(24)19-12-7-13-23(19)20(16-8-3-2-4-9-16)14-17-10-5-6-11-18(17)15-22/h2-6,8-11,19-20H,7,12-14H2,1H3/t19-,20?/m0/s1. The van der Waals surface area contributed by atoms with Gasteiger partial charge in [-0.25, -0.2) is 0 Å². The van der Waals surface area contributed by atoms with Crippen LogP contribution < -0.4 is 0 Å². The summed E-state index contributed by atoms with van der Waals surface area (Å²) in [5.41, 5.74) is 2.86. The first-order chi connectivity index (χ1) is 12.2. The van der Waals surface area contributed by atoms with E-state index in [1.54, 1.807) is 0 Å². The van der Waals surface area contributed by atoms with Crippen molar-refractivity contribution in [3.8, 4) is 6.07 Å². The summed E-state index contributed by atoms with van der Waals surface area (Å²) in [4.78, 5) is 14.5. The van der Waals surface area contributed by atoms with Gasteiger partial charge in [-0.1, -0.05) is 48.5 Å². The Morgan fingerprint density at radius 3 is 2.68 bits per heavy atom. The molecule has 0 saturated carbocycles. The molecule has 0 radical (unpaired) electrons. The molecule has 0 aliphatic carbocycles. The van der Waals surface area contributed by atoms with Gasteiger partial charge >= 0.3 is 5.97 Å². The minimum atomic E-state index is -0.218. The van der Waals surface area contributed by atoms with Gasteiger partial charge in [0.15, 0.2) is 0 Å². The van der Waals surface area contributed by atoms with E-state index in [-0.39, 0.29) is 18.1 Å². The van der Waals surface area contributed by atoms with E-state index in [9.17, 15) is 10.1 Å². The molecule has 4 nitrogen and oxygen atoms in total. The smallest absolute Gasteiger partial charge is 0.323 e. The number of carbonyl (C=O) groups is 1. The fraction of sp³-hybridized carbons (Fsp3) is 0.333. The number of nitrogens with zero attached hydrogens (tertiary/aromatic N) is 2. The van der Waals surface area contributed by atoms with Crippen molar-refractivity contribution in [1.29, 1.82) is 5.26 Å². The van der Waals surface area contributed by atoms with Crippen molar-refractivity contribution >= 4 is 5.97 Å². The van der Waals surface area contributed by atoms with Gasteiger partial charge in [-0.05, 0) is 43.0 Å². The van der Waals surface area contributed by atoms with Crippen LogP contribution >= 0.6 is 0 Å². The summed E-state index contributed by atoms with van der Waals surface area (Å²) in [6.45, 7) is 0.855. The van der Waals surface area contributed by atoms with Gasteiger partial charge in [-0.3, -0.25) is 9.69 Å². The van der Waals surface area contributed by atoms with Crippen LogP contribution in [0.15, 0.2) is 54.6 Å². The van der Waals surface area contributed by atoms with E-state index in [0.717, 1.165) is 30.5 Å². The highest BCUT2D eigenvalue weighted by atomic mass is 16.5. The van der Waals surface area contributed by atoms with Gasteiger partial charge in [0.05, 0.1) is 18.7 Å². The van der Waals surface area contributed by atoms with Crippen LogP contribution in [0.4, 0.5) is 0 Å². The Morgan fingerprint density at radius 1 is 1.24 bits per heavy atom. The predicted octanol–water partition coefficient (Wildman–Crippen LogP) is 3.48. The summed E-state index contributed by atoms with van der Waals surface area (Å²) < 4.78 is 5.01. The van der Waals surface area contributed by atoms with E-state index in [2.05, 4.69) is 23.1 Å². The number of methoxy groups -OCH3 is 1. The number of hydrogen-bond donors (Lipinski definition) is 0. The fourth-order valence-electron chi connectivity index (χ4n) is 3.67. The monoisotopic (exact) mass is 334 g/mol. The molecule has 1 saturated heterocycles. The number of likely N-dealkylation sites (tertiary alicyclic amines) is 1. The second-order valence-electron chi connectivity index (χ2n) is 6.32. The first kappa shape index (κ1) is 17.2. The molecule has 0 bridgehead atoms. The number of carbonyl (C=O) groups excluding carboxylic acids is 1. The minimum Gasteiger partial charge on any atom is -0.468 e. The molecule has 25 heavy (non-hydrogen) atoms. The quantitative estimate of drug-likeness (QED) is 0.786. The Hall–Kier alpha value is -2.64. The summed E-state index contributed by atoms with van der Waals surface area (Å²) in [5, 5.41) is 9.41. The van der Waals surface area contributed by atoms with Crippen LogP contribution in [0.25, 0.3) is 0 Å². The second kappa shape index (κ2) is 7.96. The van der Waals surface area contributed by atoms with Crippen molar-refractivity contribution in [3.05, 3.63) is 71.3 Å². The van der Waals surface area contributed by atoms with E-state index < -0.39 is 0 Å². The average molecular weight is 334 g/mol. The first-order valence-electron chi connectivity index (χ1n) is 8.61. The van der Waals surface area contributed by atoms with Crippen LogP contribution in [-0.2, 0) is 16.0 Å². The van der Waals surface area contributed by atoms with E-state index in [1.165, 1.54) is 7.11 Å². The molecule has 2 aromatic carbocycles. The zero-order chi connectivity index (χ0) is 17.6. The molecule has 1 aliphatic heterocycles. The Morgan fingerprint density at radius 2 is 1.96 bits per heavy atom. The summed E-state index contributed by atoms with van der Waals surface area (Å²) in [6, 6.07) is 20.0. The molecule has 1 aliphatic rings. The van der Waals surface area contributed by atoms with Gasteiger partial charge in [0.25, 0.3) is 0 Å². The predicted molar refractivity (Wildman–Crippen MR) is 95.8 cm³/mol. The third kappa shape index (κ3) is 3.72. The van der Waals surface area contributed by atoms with Gasteiger partial charge in [-0.15, -0.1) is 0 Å². The third-order valence-corrected chi connectivity index (χ3v) is 4.90. The van der Waals surface area contributed by atoms with Gasteiger partial charge in [0.2, 0.25) is 0 Å². The van der Waals surface area contributed by atoms with Crippen LogP contribution in [-0.4, -0.2) is 30.6 Å². The van der Waals surface area contributed by atoms with Crippen LogP contribution in [0.3, 0.4) is 0 Å². The van der Waals surface area contributed by atoms with Gasteiger partial charge in [0, 0.05) is 6.04 Å². The van der Waals surface area contributed by atoms with Crippen molar-refractivity contribution < 1.29 is 9.53 Å². The summed E-state index contributed by atoms with van der Waals surface area (Å²) in [5.74, 6) is -0.174. The highest BCUT2D eigenvalue weighted by molar-refractivity contribution is 5.76. The molecule has 1 heterocycles. The minimum absolute atomic E-state index is 0.0438. The molecule has 2 aromatic rings. The maximum Gasteiger partial charge on any atom is 0.323 e. The fourth-order valence-corrected chi connectivity index (χ4v) is 3.67. The Bertz CT molecular complexity index is 767. The summed E-state index contributed by atoms with van der Waals surface area (Å²) in [7, 11) is 1.45. The van der Waals surface area contributed by atoms with E-state index in [4.69, 9.17) is 4.74 Å². The molecule has 1 fully saturated rings. The van der Waals surface area contributed by atoms with Crippen LogP contribution in [0.5, 0.6) is 0 Å². The first-order valence-corrected chi connectivity index (χ1v) is 8.61. The molecule has 2 atom stereocenters. The third-order valence-electron chi connectivity index (χ3n) is 4.90. The highest BCUT2D eigenvalue weighted by Crippen LogP contribution is 2.33. The Kier molecular flexibility index (Phi) is 5.47. The molecule has 0 spiro atoms. The number of hydrogen-bond acceptors (Lipinski definition) is 4. The molecule has 0 aromatic heterocycles. The van der Waals surface area contributed by atoms with Crippen molar-refractivity contribution in [3.63, 3.8) is 0 Å². The lowest BCUT2D eigenvalue weighted by Crippen LogP contribution is -2.40. The summed E-state index contributed by atoms with van der Waals surface area (Å²) >= 11 is 0. The molecular formula is C21H22N2O2. The zero-order valence-electron chi connectivity index (χ0n) is 14.4. The Labute approximate surface area is 148 Å². The zero-order valence-corrected chi connectivity index (χ0v) is 14.4. The molecule has 0 amide bonds. The normalized spacial score (nSPS) is 18.5. The second-order valence-corrected chi connectivity index (χ2v) is 6.32. The van der Waals surface area contributed by atoms with Crippen molar-refractivity contribution in [2.75, 3.05) is 13.7 Å². The lowest BCUT2D eigenvalue weighted by Gasteiger charge is -2.32. The highest BCUT2D eigenvalue weighted by Gasteiger charge is 2.36. The van der Waals surface area contributed by atoms with Gasteiger partial charge < -0.3 is 4.74 Å². The number of rotatable bonds is 5. The average Bonchev–Trinajstić information content (AvgIpc) is 3.16. The largest absolute Gasteiger partial charge is 0.468 e. The van der Waals surface area contributed by atoms with Crippen molar-refractivity contribution in [1.82, 2.24) is 4.90 Å². The van der Waals surface area contributed by atoms with Crippen LogP contribution in [0.2, 0.25) is 0 Å². The van der Waals surface area contributed by atoms with E-state index >= 15 is 0 Å². The molecule has 4 heteroatoms. The number of esters is 1. The summed E-state index contributed by atoms with van der Waals surface area (Å²) in [6.07, 6.45) is 2.49. The number of benzene rings is 2. The van der Waals surface area contributed by atoms with Gasteiger partial charge in [0.1, 0.15) is 6.04 Å². The van der Waals surface area contributed by atoms with E-state index in [0.29, 0.717) is 12.0 Å². The topological polar surface area (TPSA) is 53.3 Å². The van der Waals surface area contributed by atoms with Crippen LogP contribution in [0.1, 0.15) is 35.6 Å². The number of nitriles is 1. The number of ether oxygens (including phenoxy) is 1. The molecule has 0 N–H and O–H groups in total. The van der Waals surface area contributed by atoms with E-state index in [1.807, 2.05) is 42.5 Å². The van der Waals surface area contributed by atoms with Crippen LogP contribution in [0, 0.1) is 11.3 Å². The van der Waals surface area contributed by atoms with Gasteiger partial charge in [-0.2, -0.15) is 5.26 Å². The maximum atomic E-state index is 12.2. The molecule has 1 unspecified atom stereocenters. The molecule has 128 valence electrons. The van der Waals surface area contributed by atoms with Crippen molar-refractivity contribution in [2.45, 2.75) is 31.3 Å². The Balaban J connectivity index is 1.96. The maximum absolute atomic E-state index is 12.2. The lowest BCUT2D eigenvalue weighted by molar-refractivity contribution is -0.146. The molecular weight excluding hydrogens is 312 g/mol. The van der Waals surface area contributed by atoms with Crippen molar-refractivity contribution in [2.24, 2.45) is 0 Å².